The van der Waals surface area contributed by atoms with Gasteiger partial charge in [0.2, 0.25) is 0 Å². The Bertz CT molecular complexity index is 918. The van der Waals surface area contributed by atoms with Gasteiger partial charge in [-0.1, -0.05) is 32.0 Å². The summed E-state index contributed by atoms with van der Waals surface area (Å²) in [6.45, 7) is 5.81. The third-order valence-electron chi connectivity index (χ3n) is 4.73. The smallest absolute Gasteiger partial charge is 0.261 e. The van der Waals surface area contributed by atoms with Crippen LogP contribution < -0.4 is 14.7 Å². The van der Waals surface area contributed by atoms with Crippen molar-refractivity contribution in [3.63, 3.8) is 0 Å². The summed E-state index contributed by atoms with van der Waals surface area (Å²) in [5.74, 6) is -0.407. The Morgan fingerprint density at radius 3 is 2.30 bits per heavy atom. The van der Waals surface area contributed by atoms with E-state index in [1.165, 1.54) is 18.2 Å². The minimum atomic E-state index is -3.79. The van der Waals surface area contributed by atoms with Gasteiger partial charge >= 0.3 is 0 Å². The van der Waals surface area contributed by atoms with E-state index in [0.717, 1.165) is 19.5 Å². The Balaban J connectivity index is 1.91. The summed E-state index contributed by atoms with van der Waals surface area (Å²) in [5.41, 5.74) is 0.750. The van der Waals surface area contributed by atoms with E-state index in [1.54, 1.807) is 30.3 Å². The first-order chi connectivity index (χ1) is 12.8. The van der Waals surface area contributed by atoms with Gasteiger partial charge in [-0.05, 0) is 48.6 Å². The molecule has 2 atom stereocenters. The van der Waals surface area contributed by atoms with Crippen molar-refractivity contribution in [3.8, 4) is 0 Å². The van der Waals surface area contributed by atoms with Crippen molar-refractivity contribution in [1.29, 1.82) is 0 Å². The van der Waals surface area contributed by atoms with Gasteiger partial charge in [0.05, 0.1) is 10.9 Å². The third-order valence-corrected chi connectivity index (χ3v) is 6.13. The summed E-state index contributed by atoms with van der Waals surface area (Å²) in [6, 6.07) is 12.5. The molecule has 0 aliphatic carbocycles. The predicted octanol–water partition coefficient (Wildman–Crippen LogP) is 2.33. The number of hydrogen-bond acceptors (Lipinski definition) is 5. The topological polar surface area (TPSA) is 89.5 Å². The van der Waals surface area contributed by atoms with E-state index in [2.05, 4.69) is 18.6 Å². The minimum absolute atomic E-state index is 0.00967. The maximum atomic E-state index is 12.5. The van der Waals surface area contributed by atoms with Crippen molar-refractivity contribution in [2.45, 2.75) is 25.2 Å². The van der Waals surface area contributed by atoms with Crippen LogP contribution in [0.3, 0.4) is 0 Å². The number of rotatable bonds is 5. The fraction of sp³-hybridized carbons (Fsp3) is 0.350. The molecular weight excluding hydrogens is 364 g/mol. The number of carboxylic acids is 1. The Kier molecular flexibility index (Phi) is 5.41. The van der Waals surface area contributed by atoms with E-state index >= 15 is 0 Å². The summed E-state index contributed by atoms with van der Waals surface area (Å²) in [4.78, 5) is 13.9. The van der Waals surface area contributed by atoms with Gasteiger partial charge in [-0.15, -0.1) is 0 Å². The highest BCUT2D eigenvalue weighted by Crippen LogP contribution is 2.31. The zero-order valence-electron chi connectivity index (χ0n) is 15.4. The molecule has 0 aromatic heterocycles. The third kappa shape index (κ3) is 4.42. The molecule has 0 radical (unpaired) electrons. The van der Waals surface area contributed by atoms with Crippen molar-refractivity contribution in [2.75, 3.05) is 22.7 Å². The zero-order valence-corrected chi connectivity index (χ0v) is 16.2. The van der Waals surface area contributed by atoms with E-state index < -0.39 is 16.0 Å². The van der Waals surface area contributed by atoms with Crippen LogP contribution in [0.25, 0.3) is 0 Å². The molecule has 0 amide bonds. The van der Waals surface area contributed by atoms with Crippen LogP contribution >= 0.6 is 0 Å². The standard InChI is InChI=1S/C20H24N2O4S/c1-14-10-15(2)13-22(12-14)19-9-8-16(11-18(19)20(23)24)21-27(25,26)17-6-4-3-5-7-17/h3-9,11,14-15,21H,10,12-13H2,1-2H3,(H,23,24)/p-1/t14-,15-/m1/s1. The number of piperidine rings is 1. The molecule has 6 nitrogen and oxygen atoms in total. The monoisotopic (exact) mass is 387 g/mol. The molecule has 2 aromatic rings. The second-order valence-corrected chi connectivity index (χ2v) is 8.97. The lowest BCUT2D eigenvalue weighted by Crippen LogP contribution is -2.40. The fourth-order valence-electron chi connectivity index (χ4n) is 3.71. The number of carbonyl (C=O) groups excluding carboxylic acids is 1. The number of carbonyl (C=O) groups is 1. The van der Waals surface area contributed by atoms with Crippen molar-refractivity contribution in [3.05, 3.63) is 54.1 Å². The number of nitrogens with zero attached hydrogens (tertiary/aromatic N) is 1. The zero-order chi connectivity index (χ0) is 19.6. The number of anilines is 2. The molecule has 1 aliphatic heterocycles. The lowest BCUT2D eigenvalue weighted by molar-refractivity contribution is -0.254. The molecule has 0 bridgehead atoms. The van der Waals surface area contributed by atoms with Gasteiger partial charge in [-0.25, -0.2) is 8.42 Å². The van der Waals surface area contributed by atoms with Crippen LogP contribution in [-0.2, 0) is 10.0 Å². The van der Waals surface area contributed by atoms with Crippen LogP contribution in [0.5, 0.6) is 0 Å². The molecule has 1 aliphatic rings. The number of benzene rings is 2. The molecule has 3 rings (SSSR count). The molecule has 27 heavy (non-hydrogen) atoms. The number of nitrogens with one attached hydrogen (secondary N) is 1. The van der Waals surface area contributed by atoms with E-state index in [1.807, 2.05) is 4.90 Å². The lowest BCUT2D eigenvalue weighted by atomic mass is 9.91. The van der Waals surface area contributed by atoms with Gasteiger partial charge in [0.15, 0.2) is 0 Å². The Morgan fingerprint density at radius 2 is 1.70 bits per heavy atom. The molecule has 1 fully saturated rings. The summed E-state index contributed by atoms with van der Waals surface area (Å²) < 4.78 is 27.4. The number of hydrogen-bond donors (Lipinski definition) is 1. The molecule has 1 saturated heterocycles. The molecule has 0 unspecified atom stereocenters. The molecule has 0 saturated carbocycles. The largest absolute Gasteiger partial charge is 0.545 e. The molecule has 7 heteroatoms. The molecular formula is C20H23N2O4S-. The highest BCUT2D eigenvalue weighted by Gasteiger charge is 2.24. The first-order valence-corrected chi connectivity index (χ1v) is 10.4. The van der Waals surface area contributed by atoms with Crippen LogP contribution in [-0.4, -0.2) is 27.5 Å². The molecule has 1 N–H and O–H groups in total. The number of carboxylic acid groups (broad SMARTS) is 1. The molecule has 144 valence electrons. The highest BCUT2D eigenvalue weighted by atomic mass is 32.2. The van der Waals surface area contributed by atoms with Gasteiger partial charge in [0, 0.05) is 30.0 Å². The first kappa shape index (κ1) is 19.2. The molecule has 0 spiro atoms. The normalized spacial score (nSPS) is 20.3. The van der Waals surface area contributed by atoms with Crippen LogP contribution in [0.4, 0.5) is 11.4 Å². The van der Waals surface area contributed by atoms with Crippen molar-refractivity contribution >= 4 is 27.4 Å². The molecule has 2 aromatic carbocycles. The predicted molar refractivity (Wildman–Crippen MR) is 103 cm³/mol. The van der Waals surface area contributed by atoms with Gasteiger partial charge in [0.1, 0.15) is 0 Å². The summed E-state index contributed by atoms with van der Waals surface area (Å²) in [5, 5.41) is 11.7. The second-order valence-electron chi connectivity index (χ2n) is 7.29. The van der Waals surface area contributed by atoms with E-state index in [4.69, 9.17) is 0 Å². The van der Waals surface area contributed by atoms with E-state index in [9.17, 15) is 18.3 Å². The Labute approximate surface area is 159 Å². The summed E-state index contributed by atoms with van der Waals surface area (Å²) >= 11 is 0. The number of sulfonamides is 1. The van der Waals surface area contributed by atoms with E-state index in [-0.39, 0.29) is 16.1 Å². The maximum absolute atomic E-state index is 12.5. The van der Waals surface area contributed by atoms with Crippen molar-refractivity contribution in [1.82, 2.24) is 0 Å². The number of aromatic carboxylic acids is 1. The average Bonchev–Trinajstić information content (AvgIpc) is 2.61. The van der Waals surface area contributed by atoms with Crippen LogP contribution in [0.2, 0.25) is 0 Å². The molecule has 1 heterocycles. The minimum Gasteiger partial charge on any atom is -0.545 e. The van der Waals surface area contributed by atoms with Crippen molar-refractivity contribution < 1.29 is 18.3 Å². The van der Waals surface area contributed by atoms with Gasteiger partial charge in [-0.3, -0.25) is 4.72 Å². The maximum Gasteiger partial charge on any atom is 0.261 e. The van der Waals surface area contributed by atoms with Gasteiger partial charge in [0.25, 0.3) is 10.0 Å². The van der Waals surface area contributed by atoms with Crippen LogP contribution in [0, 0.1) is 11.8 Å². The summed E-state index contributed by atoms with van der Waals surface area (Å²) in [7, 11) is -3.79. The SMILES string of the molecule is C[C@@H]1C[C@@H](C)CN(c2ccc(NS(=O)(=O)c3ccccc3)cc2C(=O)[O-])C1. The Morgan fingerprint density at radius 1 is 1.07 bits per heavy atom. The van der Waals surface area contributed by atoms with Gasteiger partial charge < -0.3 is 14.8 Å². The van der Waals surface area contributed by atoms with E-state index in [0.29, 0.717) is 17.5 Å². The fourth-order valence-corrected chi connectivity index (χ4v) is 4.78. The van der Waals surface area contributed by atoms with Gasteiger partial charge in [-0.2, -0.15) is 0 Å². The Hall–Kier alpha value is -2.54. The van der Waals surface area contributed by atoms with Crippen LogP contribution in [0.15, 0.2) is 53.4 Å². The van der Waals surface area contributed by atoms with Crippen molar-refractivity contribution in [2.24, 2.45) is 11.8 Å². The van der Waals surface area contributed by atoms with Crippen LogP contribution in [0.1, 0.15) is 30.6 Å². The summed E-state index contributed by atoms with van der Waals surface area (Å²) in [6.07, 6.45) is 1.10. The lowest BCUT2D eigenvalue weighted by Gasteiger charge is -2.37. The highest BCUT2D eigenvalue weighted by molar-refractivity contribution is 7.92. The average molecular weight is 387 g/mol. The second kappa shape index (κ2) is 7.60. The quantitative estimate of drug-likeness (QED) is 0.850. The first-order valence-electron chi connectivity index (χ1n) is 8.94.